The van der Waals surface area contributed by atoms with Gasteiger partial charge < -0.3 is 5.11 Å². The maximum absolute atomic E-state index is 8.52. The Kier molecular flexibility index (Phi) is 2.08. The molecule has 0 radical (unpaired) electrons. The topological polar surface area (TPSA) is 44.0 Å². The van der Waals surface area contributed by atoms with Crippen LogP contribution in [-0.2, 0) is 0 Å². The molecule has 0 aliphatic rings. The van der Waals surface area contributed by atoms with E-state index in [4.69, 9.17) is 10.4 Å². The Morgan fingerprint density at radius 2 is 2.60 bits per heavy atom. The summed E-state index contributed by atoms with van der Waals surface area (Å²) in [5.41, 5.74) is 1.08. The fourth-order valence-corrected chi connectivity index (χ4v) is 1.24. The van der Waals surface area contributed by atoms with Crippen molar-refractivity contribution in [3.8, 4) is 6.07 Å². The molecule has 1 heterocycles. The van der Waals surface area contributed by atoms with Gasteiger partial charge in [0.25, 0.3) is 0 Å². The number of allylic oxidation sites excluding steroid dienone is 1. The largest absolute Gasteiger partial charge is 0.514 e. The van der Waals surface area contributed by atoms with Crippen LogP contribution in [0.2, 0.25) is 0 Å². The predicted molar refractivity (Wildman–Crippen MR) is 40.5 cm³/mol. The molecule has 0 aromatic carbocycles. The zero-order valence-electron chi connectivity index (χ0n) is 5.11. The molecule has 1 rings (SSSR count). The summed E-state index contributed by atoms with van der Waals surface area (Å²) in [5, 5.41) is 20.6. The normalized spacial score (nSPS) is 10.9. The maximum Gasteiger partial charge on any atom is 0.103 e. The minimum atomic E-state index is 0.307. The van der Waals surface area contributed by atoms with Gasteiger partial charge in [0.2, 0.25) is 0 Å². The molecular weight excluding hydrogens is 146 g/mol. The third kappa shape index (κ3) is 1.17. The first-order valence-electron chi connectivity index (χ1n) is 2.65. The van der Waals surface area contributed by atoms with Crippen LogP contribution in [0.4, 0.5) is 0 Å². The molecule has 0 unspecified atom stereocenters. The molecule has 0 fully saturated rings. The second-order valence-electron chi connectivity index (χ2n) is 1.67. The fraction of sp³-hybridized carbons (Fsp3) is 0. The third-order valence-corrected chi connectivity index (χ3v) is 1.76. The summed E-state index contributed by atoms with van der Waals surface area (Å²) in [4.78, 5) is 0. The summed E-state index contributed by atoms with van der Waals surface area (Å²) in [7, 11) is 0. The highest BCUT2D eigenvalue weighted by atomic mass is 32.1. The molecule has 3 heteroatoms. The Morgan fingerprint density at radius 1 is 1.80 bits per heavy atom. The average Bonchev–Trinajstić information content (AvgIpc) is 2.43. The van der Waals surface area contributed by atoms with E-state index in [2.05, 4.69) is 0 Å². The second kappa shape index (κ2) is 3.04. The van der Waals surface area contributed by atoms with Gasteiger partial charge in [-0.2, -0.15) is 16.6 Å². The number of hydrogen-bond acceptors (Lipinski definition) is 3. The van der Waals surface area contributed by atoms with Gasteiger partial charge in [0.1, 0.15) is 6.07 Å². The van der Waals surface area contributed by atoms with Crippen molar-refractivity contribution in [3.05, 3.63) is 28.7 Å². The molecule has 1 aromatic rings. The Bertz CT molecular complexity index is 268. The molecular formula is C7H5NOS. The number of nitriles is 1. The fourth-order valence-electron chi connectivity index (χ4n) is 0.586. The lowest BCUT2D eigenvalue weighted by atomic mass is 10.2. The molecule has 0 amide bonds. The van der Waals surface area contributed by atoms with Crippen molar-refractivity contribution < 1.29 is 5.11 Å². The lowest BCUT2D eigenvalue weighted by Crippen LogP contribution is -1.73. The van der Waals surface area contributed by atoms with Crippen LogP contribution >= 0.6 is 11.3 Å². The van der Waals surface area contributed by atoms with Gasteiger partial charge in [-0.25, -0.2) is 0 Å². The zero-order valence-corrected chi connectivity index (χ0v) is 5.93. The van der Waals surface area contributed by atoms with E-state index in [0.717, 1.165) is 11.8 Å². The summed E-state index contributed by atoms with van der Waals surface area (Å²) < 4.78 is 0. The van der Waals surface area contributed by atoms with Crippen LogP contribution < -0.4 is 0 Å². The van der Waals surface area contributed by atoms with Gasteiger partial charge in [-0.3, -0.25) is 0 Å². The van der Waals surface area contributed by atoms with E-state index in [-0.39, 0.29) is 0 Å². The van der Waals surface area contributed by atoms with E-state index in [1.807, 2.05) is 16.8 Å². The molecule has 0 bridgehead atoms. The van der Waals surface area contributed by atoms with E-state index in [9.17, 15) is 0 Å². The van der Waals surface area contributed by atoms with Crippen molar-refractivity contribution in [2.45, 2.75) is 0 Å². The lowest BCUT2D eigenvalue weighted by molar-refractivity contribution is 0.476. The van der Waals surface area contributed by atoms with Crippen LogP contribution in [0.25, 0.3) is 5.57 Å². The van der Waals surface area contributed by atoms with Gasteiger partial charge in [-0.05, 0) is 16.8 Å². The molecule has 10 heavy (non-hydrogen) atoms. The molecule has 2 nitrogen and oxygen atoms in total. The minimum absolute atomic E-state index is 0.307. The highest BCUT2D eigenvalue weighted by Crippen LogP contribution is 2.15. The van der Waals surface area contributed by atoms with E-state index in [1.165, 1.54) is 11.3 Å². The van der Waals surface area contributed by atoms with Crippen LogP contribution in [0, 0.1) is 11.3 Å². The summed E-state index contributed by atoms with van der Waals surface area (Å²) in [6.07, 6.45) is 0.821. The van der Waals surface area contributed by atoms with Crippen LogP contribution in [0.3, 0.4) is 0 Å². The van der Waals surface area contributed by atoms with Crippen molar-refractivity contribution in [2.24, 2.45) is 0 Å². The first-order chi connectivity index (χ1) is 4.88. The molecule has 0 saturated heterocycles. The third-order valence-electron chi connectivity index (χ3n) is 1.08. The Hall–Kier alpha value is -1.27. The smallest absolute Gasteiger partial charge is 0.103 e. The van der Waals surface area contributed by atoms with Crippen LogP contribution in [0.1, 0.15) is 5.56 Å². The molecule has 1 aromatic heterocycles. The molecule has 0 spiro atoms. The van der Waals surface area contributed by atoms with E-state index >= 15 is 0 Å². The van der Waals surface area contributed by atoms with Gasteiger partial charge >= 0.3 is 0 Å². The number of hydrogen-bond donors (Lipinski definition) is 1. The standard InChI is InChI=1S/C7H5NOS/c8-3-7(4-9)6-1-2-10-5-6/h1-2,4-5,9H/b7-4-. The summed E-state index contributed by atoms with van der Waals surface area (Å²) in [5.74, 6) is 0. The molecule has 50 valence electrons. The van der Waals surface area contributed by atoms with Crippen molar-refractivity contribution in [2.75, 3.05) is 0 Å². The van der Waals surface area contributed by atoms with Crippen molar-refractivity contribution in [1.29, 1.82) is 5.26 Å². The van der Waals surface area contributed by atoms with Crippen molar-refractivity contribution >= 4 is 16.9 Å². The second-order valence-corrected chi connectivity index (χ2v) is 2.45. The molecule has 1 N–H and O–H groups in total. The molecule has 0 atom stereocenters. The highest BCUT2D eigenvalue weighted by Gasteiger charge is 1.98. The van der Waals surface area contributed by atoms with Gasteiger partial charge in [-0.1, -0.05) is 0 Å². The van der Waals surface area contributed by atoms with E-state index in [0.29, 0.717) is 5.57 Å². The summed E-state index contributed by atoms with van der Waals surface area (Å²) in [6.45, 7) is 0. The number of rotatable bonds is 1. The first kappa shape index (κ1) is 6.84. The molecule has 0 aliphatic carbocycles. The van der Waals surface area contributed by atoms with Crippen molar-refractivity contribution in [3.63, 3.8) is 0 Å². The highest BCUT2D eigenvalue weighted by molar-refractivity contribution is 7.08. The molecule has 0 aliphatic heterocycles. The quantitative estimate of drug-likeness (QED) is 0.493. The minimum Gasteiger partial charge on any atom is -0.514 e. The molecule has 0 saturated carbocycles. The monoisotopic (exact) mass is 151 g/mol. The Balaban J connectivity index is 2.99. The number of aliphatic hydroxyl groups is 1. The van der Waals surface area contributed by atoms with Crippen LogP contribution in [0.5, 0.6) is 0 Å². The zero-order chi connectivity index (χ0) is 7.40. The predicted octanol–water partition coefficient (Wildman–Crippen LogP) is 2.17. The SMILES string of the molecule is N#C/C(=C/O)c1ccsc1. The van der Waals surface area contributed by atoms with Gasteiger partial charge in [0.05, 0.1) is 11.8 Å². The van der Waals surface area contributed by atoms with Gasteiger partial charge in [-0.15, -0.1) is 0 Å². The van der Waals surface area contributed by atoms with Gasteiger partial charge in [0, 0.05) is 5.56 Å². The number of thiophene rings is 1. The average molecular weight is 151 g/mol. The maximum atomic E-state index is 8.52. The summed E-state index contributed by atoms with van der Waals surface area (Å²) >= 11 is 1.50. The van der Waals surface area contributed by atoms with Crippen LogP contribution in [0.15, 0.2) is 23.1 Å². The Labute approximate surface area is 62.7 Å². The van der Waals surface area contributed by atoms with Crippen molar-refractivity contribution in [1.82, 2.24) is 0 Å². The number of nitrogens with zero attached hydrogens (tertiary/aromatic N) is 1. The van der Waals surface area contributed by atoms with Gasteiger partial charge in [0.15, 0.2) is 0 Å². The van der Waals surface area contributed by atoms with Crippen LogP contribution in [-0.4, -0.2) is 5.11 Å². The summed E-state index contributed by atoms with van der Waals surface area (Å²) in [6, 6.07) is 3.66. The van der Waals surface area contributed by atoms with E-state index in [1.54, 1.807) is 6.07 Å². The van der Waals surface area contributed by atoms with E-state index < -0.39 is 0 Å². The Morgan fingerprint density at radius 3 is 3.00 bits per heavy atom. The number of aliphatic hydroxyl groups excluding tert-OH is 1. The lowest BCUT2D eigenvalue weighted by Gasteiger charge is -1.86. The first-order valence-corrected chi connectivity index (χ1v) is 3.60.